The number of fused-ring (bicyclic) bond motifs is 1. The molecule has 0 aliphatic heterocycles. The van der Waals surface area contributed by atoms with Crippen LogP contribution >= 0.6 is 0 Å². The fraction of sp³-hybridized carbons (Fsp3) is 0.667. The second kappa shape index (κ2) is 4.19. The third kappa shape index (κ3) is 2.98. The molecule has 1 aromatic rings. The van der Waals surface area contributed by atoms with E-state index in [4.69, 9.17) is 5.73 Å². The van der Waals surface area contributed by atoms with Crippen molar-refractivity contribution >= 4 is 0 Å². The van der Waals surface area contributed by atoms with Gasteiger partial charge in [-0.1, -0.05) is 13.8 Å². The fourth-order valence-corrected chi connectivity index (χ4v) is 2.41. The van der Waals surface area contributed by atoms with E-state index in [9.17, 15) is 13.2 Å². The summed E-state index contributed by atoms with van der Waals surface area (Å²) in [6, 6.07) is -0.191. The Balaban J connectivity index is 2.31. The molecule has 1 aliphatic carbocycles. The molecule has 100 valence electrons. The molecule has 0 radical (unpaired) electrons. The number of hydrogen-bond acceptors (Lipinski definition) is 3. The maximum absolute atomic E-state index is 12.3. The van der Waals surface area contributed by atoms with Crippen LogP contribution in [0.5, 0.6) is 0 Å². The van der Waals surface area contributed by atoms with Gasteiger partial charge in [0.1, 0.15) is 12.2 Å². The standard InChI is InChI=1S/C12H16F3N3/c1-11(2)3-8(16)7-6-17-10(5-12(13,14)15)18-9(7)4-11/h6,8H,3-5,16H2,1-2H3. The highest BCUT2D eigenvalue weighted by molar-refractivity contribution is 5.26. The van der Waals surface area contributed by atoms with Gasteiger partial charge in [0, 0.05) is 23.5 Å². The molecule has 1 heterocycles. The summed E-state index contributed by atoms with van der Waals surface area (Å²) in [5.74, 6) is -0.175. The highest BCUT2D eigenvalue weighted by atomic mass is 19.4. The molecule has 0 saturated carbocycles. The Bertz CT molecular complexity index is 454. The smallest absolute Gasteiger partial charge is 0.324 e. The molecule has 1 atom stereocenters. The van der Waals surface area contributed by atoms with E-state index in [0.29, 0.717) is 12.1 Å². The van der Waals surface area contributed by atoms with Crippen LogP contribution in [0.3, 0.4) is 0 Å². The molecule has 2 N–H and O–H groups in total. The van der Waals surface area contributed by atoms with E-state index in [1.807, 2.05) is 13.8 Å². The zero-order valence-corrected chi connectivity index (χ0v) is 10.4. The topological polar surface area (TPSA) is 51.8 Å². The Morgan fingerprint density at radius 3 is 2.72 bits per heavy atom. The zero-order chi connectivity index (χ0) is 13.6. The van der Waals surface area contributed by atoms with E-state index >= 15 is 0 Å². The first-order valence-corrected chi connectivity index (χ1v) is 5.83. The van der Waals surface area contributed by atoms with Crippen molar-refractivity contribution < 1.29 is 13.2 Å². The molecule has 1 aromatic heterocycles. The summed E-state index contributed by atoms with van der Waals surface area (Å²) in [4.78, 5) is 7.80. The highest BCUT2D eigenvalue weighted by Crippen LogP contribution is 2.38. The Hall–Kier alpha value is -1.17. The quantitative estimate of drug-likeness (QED) is 0.843. The minimum absolute atomic E-state index is 0.0315. The molecular weight excluding hydrogens is 243 g/mol. The lowest BCUT2D eigenvalue weighted by molar-refractivity contribution is -0.128. The molecule has 0 fully saturated rings. The molecule has 0 spiro atoms. The van der Waals surface area contributed by atoms with Crippen LogP contribution < -0.4 is 5.73 Å². The van der Waals surface area contributed by atoms with Gasteiger partial charge in [0.25, 0.3) is 0 Å². The number of rotatable bonds is 1. The van der Waals surface area contributed by atoms with Gasteiger partial charge < -0.3 is 5.73 Å². The Morgan fingerprint density at radius 1 is 1.44 bits per heavy atom. The van der Waals surface area contributed by atoms with Gasteiger partial charge in [-0.05, 0) is 18.3 Å². The van der Waals surface area contributed by atoms with Gasteiger partial charge in [-0.2, -0.15) is 13.2 Å². The molecule has 1 unspecified atom stereocenters. The van der Waals surface area contributed by atoms with Gasteiger partial charge in [0.05, 0.1) is 0 Å². The van der Waals surface area contributed by atoms with Gasteiger partial charge in [-0.25, -0.2) is 9.97 Å². The molecule has 18 heavy (non-hydrogen) atoms. The molecule has 3 nitrogen and oxygen atoms in total. The molecule has 0 aromatic carbocycles. The van der Waals surface area contributed by atoms with Crippen LogP contribution in [0.15, 0.2) is 6.20 Å². The molecular formula is C12H16F3N3. The third-order valence-corrected chi connectivity index (χ3v) is 3.13. The molecule has 0 amide bonds. The number of nitrogens with zero attached hydrogens (tertiary/aromatic N) is 2. The second-order valence-corrected chi connectivity index (χ2v) is 5.63. The van der Waals surface area contributed by atoms with Gasteiger partial charge in [0.2, 0.25) is 0 Å². The Morgan fingerprint density at radius 2 is 2.11 bits per heavy atom. The highest BCUT2D eigenvalue weighted by Gasteiger charge is 2.34. The first kappa shape index (κ1) is 13.3. The normalized spacial score (nSPS) is 22.7. The predicted molar refractivity (Wildman–Crippen MR) is 60.8 cm³/mol. The largest absolute Gasteiger partial charge is 0.396 e. The number of halogens is 3. The second-order valence-electron chi connectivity index (χ2n) is 5.63. The Kier molecular flexibility index (Phi) is 3.09. The fourth-order valence-electron chi connectivity index (χ4n) is 2.41. The van der Waals surface area contributed by atoms with E-state index in [1.165, 1.54) is 6.20 Å². The lowest BCUT2D eigenvalue weighted by atomic mass is 9.74. The lowest BCUT2D eigenvalue weighted by Crippen LogP contribution is -2.31. The van der Waals surface area contributed by atoms with Crippen LogP contribution in [-0.4, -0.2) is 16.1 Å². The minimum Gasteiger partial charge on any atom is -0.324 e. The van der Waals surface area contributed by atoms with Crippen molar-refractivity contribution in [3.63, 3.8) is 0 Å². The monoisotopic (exact) mass is 259 g/mol. The van der Waals surface area contributed by atoms with Crippen molar-refractivity contribution in [3.05, 3.63) is 23.3 Å². The maximum Gasteiger partial charge on any atom is 0.396 e. The number of nitrogens with two attached hydrogens (primary N) is 1. The summed E-state index contributed by atoms with van der Waals surface area (Å²) < 4.78 is 36.9. The van der Waals surface area contributed by atoms with Crippen LogP contribution in [0.2, 0.25) is 0 Å². The van der Waals surface area contributed by atoms with Crippen molar-refractivity contribution in [2.24, 2.45) is 11.1 Å². The third-order valence-electron chi connectivity index (χ3n) is 3.13. The lowest BCUT2D eigenvalue weighted by Gasteiger charge is -2.34. The Labute approximate surface area is 104 Å². The predicted octanol–water partition coefficient (Wildman–Crippen LogP) is 2.55. The minimum atomic E-state index is -4.28. The van der Waals surface area contributed by atoms with Gasteiger partial charge >= 0.3 is 6.18 Å². The van der Waals surface area contributed by atoms with Crippen molar-refractivity contribution in [3.8, 4) is 0 Å². The van der Waals surface area contributed by atoms with Crippen LogP contribution in [0.25, 0.3) is 0 Å². The number of alkyl halides is 3. The zero-order valence-electron chi connectivity index (χ0n) is 10.4. The molecule has 0 bridgehead atoms. The summed E-state index contributed by atoms with van der Waals surface area (Å²) in [6.45, 7) is 4.09. The summed E-state index contributed by atoms with van der Waals surface area (Å²) in [6.07, 6.45) is -2.48. The van der Waals surface area contributed by atoms with Crippen LogP contribution in [0.4, 0.5) is 13.2 Å². The maximum atomic E-state index is 12.3. The number of aromatic nitrogens is 2. The summed E-state index contributed by atoms with van der Waals surface area (Å²) >= 11 is 0. The molecule has 1 aliphatic rings. The van der Waals surface area contributed by atoms with E-state index < -0.39 is 12.6 Å². The van der Waals surface area contributed by atoms with Crippen LogP contribution in [0, 0.1) is 5.41 Å². The van der Waals surface area contributed by atoms with E-state index in [-0.39, 0.29) is 17.3 Å². The number of hydrogen-bond donors (Lipinski definition) is 1. The van der Waals surface area contributed by atoms with E-state index in [1.54, 1.807) is 0 Å². The summed E-state index contributed by atoms with van der Waals surface area (Å²) in [5, 5.41) is 0. The summed E-state index contributed by atoms with van der Waals surface area (Å²) in [5.41, 5.74) is 7.40. The van der Waals surface area contributed by atoms with Crippen molar-refractivity contribution in [1.29, 1.82) is 0 Å². The summed E-state index contributed by atoms with van der Waals surface area (Å²) in [7, 11) is 0. The molecule has 0 saturated heterocycles. The van der Waals surface area contributed by atoms with Crippen molar-refractivity contribution in [2.75, 3.05) is 0 Å². The van der Waals surface area contributed by atoms with Crippen LogP contribution in [-0.2, 0) is 12.8 Å². The first-order valence-electron chi connectivity index (χ1n) is 5.83. The van der Waals surface area contributed by atoms with Gasteiger partial charge in [0.15, 0.2) is 0 Å². The van der Waals surface area contributed by atoms with E-state index in [2.05, 4.69) is 9.97 Å². The average Bonchev–Trinajstić information content (AvgIpc) is 2.11. The molecule has 2 rings (SSSR count). The van der Waals surface area contributed by atoms with E-state index in [0.717, 1.165) is 12.0 Å². The first-order chi connectivity index (χ1) is 8.16. The SMILES string of the molecule is CC1(C)Cc2nc(CC(F)(F)F)ncc2C(N)C1. The average molecular weight is 259 g/mol. The van der Waals surface area contributed by atoms with Crippen molar-refractivity contribution in [1.82, 2.24) is 9.97 Å². The van der Waals surface area contributed by atoms with Crippen molar-refractivity contribution in [2.45, 2.75) is 45.3 Å². The van der Waals surface area contributed by atoms with Crippen LogP contribution in [0.1, 0.15) is 43.4 Å². The van der Waals surface area contributed by atoms with Gasteiger partial charge in [-0.3, -0.25) is 0 Å². The van der Waals surface area contributed by atoms with Gasteiger partial charge in [-0.15, -0.1) is 0 Å². The molecule has 6 heteroatoms.